The summed E-state index contributed by atoms with van der Waals surface area (Å²) in [4.78, 5) is 16.9. The lowest BCUT2D eigenvalue weighted by atomic mass is 9.92. The van der Waals surface area contributed by atoms with Crippen molar-refractivity contribution >= 4 is 5.91 Å². The minimum Gasteiger partial charge on any atom is -0.388 e. The number of aliphatic hydroxyl groups is 1. The molecule has 0 bridgehead atoms. The van der Waals surface area contributed by atoms with Gasteiger partial charge in [0.05, 0.1) is 35.3 Å². The van der Waals surface area contributed by atoms with Gasteiger partial charge in [-0.15, -0.1) is 0 Å². The Balaban J connectivity index is 1.50. The number of benzene rings is 2. The Bertz CT molecular complexity index is 1050. The number of aromatic nitrogens is 3. The Morgan fingerprint density at radius 2 is 1.76 bits per heavy atom. The Hall–Kier alpha value is -2.99. The summed E-state index contributed by atoms with van der Waals surface area (Å²) in [6.07, 6.45) is 5.43. The average Bonchev–Trinajstić information content (AvgIpc) is 3.24. The maximum absolute atomic E-state index is 13.5. The molecule has 1 aliphatic heterocycles. The molecule has 1 aliphatic carbocycles. The molecule has 1 N–H and O–H groups in total. The minimum absolute atomic E-state index is 0.0208. The van der Waals surface area contributed by atoms with Gasteiger partial charge in [0.25, 0.3) is 5.91 Å². The molecule has 0 saturated heterocycles. The third-order valence-electron chi connectivity index (χ3n) is 5.92. The van der Waals surface area contributed by atoms with Crippen molar-refractivity contribution in [3.8, 4) is 16.8 Å². The fourth-order valence-electron chi connectivity index (χ4n) is 4.60. The standard InChI is InChI=1S/C23H24N4O2/c1-23(2,29)21(16-6-7-16)26-14-17-4-3-5-19(20(17)22(26)28)15-8-10-18(11-9-15)27-24-12-13-25-27/h3-5,8-13,16,21,29H,6-7,14H2,1-2H3. The van der Waals surface area contributed by atoms with Gasteiger partial charge in [0.2, 0.25) is 0 Å². The van der Waals surface area contributed by atoms with Crippen LogP contribution < -0.4 is 0 Å². The van der Waals surface area contributed by atoms with Crippen LogP contribution in [-0.4, -0.2) is 42.6 Å². The summed E-state index contributed by atoms with van der Waals surface area (Å²) < 4.78 is 0. The number of carbonyl (C=O) groups is 1. The van der Waals surface area contributed by atoms with Gasteiger partial charge in [-0.05, 0) is 61.4 Å². The van der Waals surface area contributed by atoms with E-state index < -0.39 is 5.60 Å². The smallest absolute Gasteiger partial charge is 0.255 e. The molecule has 1 amide bonds. The van der Waals surface area contributed by atoms with Gasteiger partial charge in [0.1, 0.15) is 0 Å². The molecule has 1 fully saturated rings. The second-order valence-corrected chi connectivity index (χ2v) is 8.57. The number of hydrogen-bond acceptors (Lipinski definition) is 4. The van der Waals surface area contributed by atoms with Crippen molar-refractivity contribution < 1.29 is 9.90 Å². The number of fused-ring (bicyclic) bond motifs is 1. The third-order valence-corrected chi connectivity index (χ3v) is 5.92. The monoisotopic (exact) mass is 388 g/mol. The maximum Gasteiger partial charge on any atom is 0.255 e. The Kier molecular flexibility index (Phi) is 4.06. The van der Waals surface area contributed by atoms with Crippen LogP contribution >= 0.6 is 0 Å². The molecule has 2 aromatic carbocycles. The van der Waals surface area contributed by atoms with Gasteiger partial charge in [0.15, 0.2) is 0 Å². The number of rotatable bonds is 5. The molecule has 5 rings (SSSR count). The second kappa shape index (κ2) is 6.52. The van der Waals surface area contributed by atoms with E-state index in [0.717, 1.165) is 40.8 Å². The first-order valence-corrected chi connectivity index (χ1v) is 10.1. The van der Waals surface area contributed by atoms with Gasteiger partial charge in [-0.3, -0.25) is 4.79 Å². The zero-order valence-corrected chi connectivity index (χ0v) is 16.6. The van der Waals surface area contributed by atoms with Crippen LogP contribution in [0.5, 0.6) is 0 Å². The summed E-state index contributed by atoms with van der Waals surface area (Å²) in [6, 6.07) is 13.8. The summed E-state index contributed by atoms with van der Waals surface area (Å²) in [7, 11) is 0. The van der Waals surface area contributed by atoms with Gasteiger partial charge in [-0.2, -0.15) is 15.0 Å². The van der Waals surface area contributed by atoms with Crippen molar-refractivity contribution in [1.29, 1.82) is 0 Å². The summed E-state index contributed by atoms with van der Waals surface area (Å²) in [6.45, 7) is 4.19. The highest BCUT2D eigenvalue weighted by atomic mass is 16.3. The van der Waals surface area contributed by atoms with E-state index in [9.17, 15) is 9.90 Å². The molecule has 2 aliphatic rings. The first-order valence-electron chi connectivity index (χ1n) is 10.1. The van der Waals surface area contributed by atoms with E-state index in [1.807, 2.05) is 61.2 Å². The van der Waals surface area contributed by atoms with E-state index in [1.165, 1.54) is 0 Å². The van der Waals surface area contributed by atoms with E-state index in [0.29, 0.717) is 12.5 Å². The topological polar surface area (TPSA) is 71.2 Å². The number of amides is 1. The summed E-state index contributed by atoms with van der Waals surface area (Å²) in [5, 5.41) is 19.1. The first-order chi connectivity index (χ1) is 13.9. The molecule has 2 heterocycles. The van der Waals surface area contributed by atoms with Crippen LogP contribution in [0.25, 0.3) is 16.8 Å². The molecule has 6 heteroatoms. The first kappa shape index (κ1) is 18.1. The fourth-order valence-corrected chi connectivity index (χ4v) is 4.60. The van der Waals surface area contributed by atoms with Crippen LogP contribution in [0.1, 0.15) is 42.6 Å². The molecular formula is C23H24N4O2. The largest absolute Gasteiger partial charge is 0.388 e. The maximum atomic E-state index is 13.5. The zero-order chi connectivity index (χ0) is 20.2. The molecule has 1 aromatic heterocycles. The highest BCUT2D eigenvalue weighted by molar-refractivity contribution is 6.04. The quantitative estimate of drug-likeness (QED) is 0.727. The SMILES string of the molecule is CC(C)(O)C(C1CC1)N1Cc2cccc(-c3ccc(-n4nccn4)cc3)c2C1=O. The van der Waals surface area contributed by atoms with E-state index in [4.69, 9.17) is 0 Å². The van der Waals surface area contributed by atoms with Gasteiger partial charge < -0.3 is 10.0 Å². The molecule has 148 valence electrons. The van der Waals surface area contributed by atoms with E-state index >= 15 is 0 Å². The van der Waals surface area contributed by atoms with E-state index in [1.54, 1.807) is 17.2 Å². The zero-order valence-electron chi connectivity index (χ0n) is 16.6. The minimum atomic E-state index is -0.919. The highest BCUT2D eigenvalue weighted by Gasteiger charge is 2.48. The number of nitrogens with zero attached hydrogens (tertiary/aromatic N) is 4. The van der Waals surface area contributed by atoms with Crippen molar-refractivity contribution in [2.24, 2.45) is 5.92 Å². The lowest BCUT2D eigenvalue weighted by Gasteiger charge is -2.37. The molecule has 1 saturated carbocycles. The average molecular weight is 388 g/mol. The number of carbonyl (C=O) groups excluding carboxylic acids is 1. The molecule has 0 spiro atoms. The van der Waals surface area contributed by atoms with Gasteiger partial charge in [-0.1, -0.05) is 30.3 Å². The van der Waals surface area contributed by atoms with Crippen LogP contribution in [0.15, 0.2) is 54.9 Å². The summed E-state index contributed by atoms with van der Waals surface area (Å²) >= 11 is 0. The van der Waals surface area contributed by atoms with Crippen LogP contribution in [0.3, 0.4) is 0 Å². The Labute approximate surface area is 169 Å². The highest BCUT2D eigenvalue weighted by Crippen LogP contribution is 2.44. The molecular weight excluding hydrogens is 364 g/mol. The van der Waals surface area contributed by atoms with Gasteiger partial charge in [0, 0.05) is 6.54 Å². The molecule has 3 aromatic rings. The van der Waals surface area contributed by atoms with Crippen molar-refractivity contribution in [1.82, 2.24) is 19.9 Å². The normalized spacial score (nSPS) is 17.5. The van der Waals surface area contributed by atoms with E-state index in [-0.39, 0.29) is 11.9 Å². The molecule has 6 nitrogen and oxygen atoms in total. The number of hydrogen-bond donors (Lipinski definition) is 1. The van der Waals surface area contributed by atoms with Gasteiger partial charge >= 0.3 is 0 Å². The van der Waals surface area contributed by atoms with Crippen LogP contribution in [0.4, 0.5) is 0 Å². The van der Waals surface area contributed by atoms with Crippen LogP contribution in [0.2, 0.25) is 0 Å². The van der Waals surface area contributed by atoms with E-state index in [2.05, 4.69) is 10.2 Å². The van der Waals surface area contributed by atoms with Crippen LogP contribution in [0, 0.1) is 5.92 Å². The fraction of sp³-hybridized carbons (Fsp3) is 0.348. The Morgan fingerprint density at radius 3 is 2.38 bits per heavy atom. The van der Waals surface area contributed by atoms with Crippen molar-refractivity contribution in [2.45, 2.75) is 44.9 Å². The van der Waals surface area contributed by atoms with Crippen LogP contribution in [-0.2, 0) is 6.54 Å². The summed E-state index contributed by atoms with van der Waals surface area (Å²) in [5.74, 6) is 0.407. The molecule has 1 unspecified atom stereocenters. The van der Waals surface area contributed by atoms with Crippen molar-refractivity contribution in [3.05, 3.63) is 66.0 Å². The molecule has 29 heavy (non-hydrogen) atoms. The lowest BCUT2D eigenvalue weighted by Crippen LogP contribution is -2.51. The Morgan fingerprint density at radius 1 is 1.07 bits per heavy atom. The van der Waals surface area contributed by atoms with Crippen molar-refractivity contribution in [2.75, 3.05) is 0 Å². The van der Waals surface area contributed by atoms with Gasteiger partial charge in [-0.25, -0.2) is 0 Å². The third kappa shape index (κ3) is 3.13. The second-order valence-electron chi connectivity index (χ2n) is 8.57. The predicted octanol–water partition coefficient (Wildman–Crippen LogP) is 3.44. The molecule has 1 atom stereocenters. The molecule has 0 radical (unpaired) electrons. The summed E-state index contributed by atoms with van der Waals surface area (Å²) in [5.41, 5.74) is 3.65. The predicted molar refractivity (Wildman–Crippen MR) is 109 cm³/mol. The van der Waals surface area contributed by atoms with Crippen molar-refractivity contribution in [3.63, 3.8) is 0 Å². The lowest BCUT2D eigenvalue weighted by molar-refractivity contribution is -0.0224.